The van der Waals surface area contributed by atoms with Crippen molar-refractivity contribution in [2.24, 2.45) is 11.3 Å². The second-order valence-corrected chi connectivity index (χ2v) is 5.06. The third-order valence-corrected chi connectivity index (χ3v) is 4.92. The number of halogens is 1. The van der Waals surface area contributed by atoms with Crippen LogP contribution < -0.4 is 0 Å². The van der Waals surface area contributed by atoms with E-state index in [4.69, 9.17) is 16.3 Å². The van der Waals surface area contributed by atoms with Crippen molar-refractivity contribution in [2.75, 3.05) is 6.61 Å². The van der Waals surface area contributed by atoms with Gasteiger partial charge in [-0.2, -0.15) is 0 Å². The SMILES string of the molecule is Cl[C@@H]1[C@@H]2CCO[C@H]2C12CCCC2. The summed E-state index contributed by atoms with van der Waals surface area (Å²) in [7, 11) is 0. The normalized spacial score (nSPS) is 49.2. The molecule has 3 aliphatic rings. The van der Waals surface area contributed by atoms with E-state index in [9.17, 15) is 0 Å². The fourth-order valence-corrected chi connectivity index (χ4v) is 4.16. The van der Waals surface area contributed by atoms with Gasteiger partial charge in [0.2, 0.25) is 0 Å². The molecule has 1 saturated heterocycles. The van der Waals surface area contributed by atoms with Gasteiger partial charge in [-0.05, 0) is 19.3 Å². The topological polar surface area (TPSA) is 9.23 Å². The summed E-state index contributed by atoms with van der Waals surface area (Å²) in [4.78, 5) is 0. The van der Waals surface area contributed by atoms with Crippen molar-refractivity contribution in [1.82, 2.24) is 0 Å². The molecule has 1 spiro atoms. The molecule has 1 heterocycles. The molecule has 0 aromatic carbocycles. The Balaban J connectivity index is 1.87. The van der Waals surface area contributed by atoms with E-state index >= 15 is 0 Å². The molecule has 3 atom stereocenters. The molecule has 0 N–H and O–H groups in total. The monoisotopic (exact) mass is 186 g/mol. The van der Waals surface area contributed by atoms with Gasteiger partial charge in [0, 0.05) is 23.3 Å². The van der Waals surface area contributed by atoms with Gasteiger partial charge in [0.1, 0.15) is 0 Å². The molecule has 0 unspecified atom stereocenters. The van der Waals surface area contributed by atoms with Crippen LogP contribution in [0.1, 0.15) is 32.1 Å². The summed E-state index contributed by atoms with van der Waals surface area (Å²) in [6, 6.07) is 0. The van der Waals surface area contributed by atoms with E-state index in [1.165, 1.54) is 32.1 Å². The van der Waals surface area contributed by atoms with Crippen molar-refractivity contribution in [3.05, 3.63) is 0 Å². The van der Waals surface area contributed by atoms with Gasteiger partial charge in [0.15, 0.2) is 0 Å². The zero-order valence-corrected chi connectivity index (χ0v) is 8.02. The Morgan fingerprint density at radius 2 is 2.00 bits per heavy atom. The fourth-order valence-electron chi connectivity index (χ4n) is 3.56. The van der Waals surface area contributed by atoms with Crippen LogP contribution in [-0.4, -0.2) is 18.1 Å². The lowest BCUT2D eigenvalue weighted by Gasteiger charge is -2.53. The maximum atomic E-state index is 6.43. The molecular weight excluding hydrogens is 172 g/mol. The van der Waals surface area contributed by atoms with Crippen LogP contribution in [0.2, 0.25) is 0 Å². The molecule has 0 bridgehead atoms. The first-order valence-corrected chi connectivity index (χ1v) is 5.54. The predicted octanol–water partition coefficient (Wildman–Crippen LogP) is 2.57. The largest absolute Gasteiger partial charge is 0.377 e. The van der Waals surface area contributed by atoms with Gasteiger partial charge >= 0.3 is 0 Å². The zero-order valence-electron chi connectivity index (χ0n) is 7.26. The second-order valence-electron chi connectivity index (χ2n) is 4.59. The molecule has 1 aliphatic heterocycles. The third kappa shape index (κ3) is 0.706. The average molecular weight is 187 g/mol. The highest BCUT2D eigenvalue weighted by Crippen LogP contribution is 2.62. The molecule has 2 aliphatic carbocycles. The number of hydrogen-bond acceptors (Lipinski definition) is 1. The Bertz CT molecular complexity index is 198. The lowest BCUT2D eigenvalue weighted by atomic mass is 9.58. The Morgan fingerprint density at radius 1 is 1.25 bits per heavy atom. The first-order valence-electron chi connectivity index (χ1n) is 5.10. The Hall–Kier alpha value is 0.250. The molecular formula is C10H15ClO. The Morgan fingerprint density at radius 3 is 2.75 bits per heavy atom. The van der Waals surface area contributed by atoms with Gasteiger partial charge in [-0.25, -0.2) is 0 Å². The molecule has 3 rings (SSSR count). The van der Waals surface area contributed by atoms with Gasteiger partial charge in [-0.3, -0.25) is 0 Å². The van der Waals surface area contributed by atoms with E-state index in [1.807, 2.05) is 0 Å². The van der Waals surface area contributed by atoms with E-state index in [0.717, 1.165) is 6.61 Å². The van der Waals surface area contributed by atoms with Gasteiger partial charge in [0.05, 0.1) is 6.10 Å². The molecule has 1 nitrogen and oxygen atoms in total. The van der Waals surface area contributed by atoms with Crippen LogP contribution in [0, 0.1) is 11.3 Å². The minimum absolute atomic E-state index is 0.419. The standard InChI is InChI=1S/C10H15ClO/c11-8-7-3-6-12-9(7)10(8)4-1-2-5-10/h7-9H,1-6H2/t7-,8+,9+/m0/s1. The molecule has 0 radical (unpaired) electrons. The number of fused-ring (bicyclic) bond motifs is 2. The van der Waals surface area contributed by atoms with Gasteiger partial charge in [-0.15, -0.1) is 11.6 Å². The quantitative estimate of drug-likeness (QED) is 0.529. The van der Waals surface area contributed by atoms with Gasteiger partial charge < -0.3 is 4.74 Å². The Kier molecular flexibility index (Phi) is 1.52. The maximum Gasteiger partial charge on any atom is 0.0688 e. The minimum Gasteiger partial charge on any atom is -0.377 e. The highest BCUT2D eigenvalue weighted by Gasteiger charge is 2.64. The van der Waals surface area contributed by atoms with E-state index < -0.39 is 0 Å². The van der Waals surface area contributed by atoms with Gasteiger partial charge in [-0.1, -0.05) is 12.8 Å². The molecule has 12 heavy (non-hydrogen) atoms. The van der Waals surface area contributed by atoms with Crippen LogP contribution in [0.25, 0.3) is 0 Å². The predicted molar refractivity (Wildman–Crippen MR) is 48.4 cm³/mol. The summed E-state index contributed by atoms with van der Waals surface area (Å²) in [5.74, 6) is 0.699. The fraction of sp³-hybridized carbons (Fsp3) is 1.00. The zero-order chi connectivity index (χ0) is 8.18. The Labute approximate surface area is 78.4 Å². The molecule has 2 saturated carbocycles. The van der Waals surface area contributed by atoms with E-state index in [1.54, 1.807) is 0 Å². The summed E-state index contributed by atoms with van der Waals surface area (Å²) in [6.45, 7) is 0.959. The second kappa shape index (κ2) is 2.39. The smallest absolute Gasteiger partial charge is 0.0688 e. The summed E-state index contributed by atoms with van der Waals surface area (Å²) in [5, 5.41) is 0.438. The highest BCUT2D eigenvalue weighted by atomic mass is 35.5. The van der Waals surface area contributed by atoms with Crippen molar-refractivity contribution < 1.29 is 4.74 Å². The van der Waals surface area contributed by atoms with Gasteiger partial charge in [0.25, 0.3) is 0 Å². The van der Waals surface area contributed by atoms with Crippen LogP contribution >= 0.6 is 11.6 Å². The van der Waals surface area contributed by atoms with E-state index in [0.29, 0.717) is 22.8 Å². The average Bonchev–Trinajstić information content (AvgIpc) is 2.72. The lowest BCUT2D eigenvalue weighted by molar-refractivity contribution is -0.0937. The molecule has 68 valence electrons. The summed E-state index contributed by atoms with van der Waals surface area (Å²) >= 11 is 6.43. The van der Waals surface area contributed by atoms with Crippen LogP contribution in [0.4, 0.5) is 0 Å². The number of rotatable bonds is 0. The number of hydrogen-bond donors (Lipinski definition) is 0. The van der Waals surface area contributed by atoms with Crippen molar-refractivity contribution in [2.45, 2.75) is 43.6 Å². The highest BCUT2D eigenvalue weighted by molar-refractivity contribution is 6.22. The van der Waals surface area contributed by atoms with E-state index in [2.05, 4.69) is 0 Å². The van der Waals surface area contributed by atoms with Crippen molar-refractivity contribution in [1.29, 1.82) is 0 Å². The number of ether oxygens (including phenoxy) is 1. The summed E-state index contributed by atoms with van der Waals surface area (Å²) in [6.07, 6.45) is 7.14. The molecule has 0 amide bonds. The maximum absolute atomic E-state index is 6.43. The molecule has 3 fully saturated rings. The first kappa shape index (κ1) is 7.64. The summed E-state index contributed by atoms with van der Waals surface area (Å²) in [5.41, 5.74) is 0.419. The van der Waals surface area contributed by atoms with Crippen LogP contribution in [0.15, 0.2) is 0 Å². The van der Waals surface area contributed by atoms with Crippen molar-refractivity contribution in [3.63, 3.8) is 0 Å². The number of alkyl halides is 1. The molecule has 0 aromatic rings. The van der Waals surface area contributed by atoms with E-state index in [-0.39, 0.29) is 0 Å². The van der Waals surface area contributed by atoms with Crippen molar-refractivity contribution in [3.8, 4) is 0 Å². The summed E-state index contributed by atoms with van der Waals surface area (Å²) < 4.78 is 5.78. The molecule has 0 aromatic heterocycles. The molecule has 2 heteroatoms. The van der Waals surface area contributed by atoms with Crippen LogP contribution in [0.3, 0.4) is 0 Å². The lowest BCUT2D eigenvalue weighted by Crippen LogP contribution is -2.59. The third-order valence-electron chi connectivity index (χ3n) is 4.16. The first-order chi connectivity index (χ1) is 5.84. The van der Waals surface area contributed by atoms with Crippen molar-refractivity contribution >= 4 is 11.6 Å². The van der Waals surface area contributed by atoms with Crippen LogP contribution in [-0.2, 0) is 4.74 Å². The van der Waals surface area contributed by atoms with Crippen LogP contribution in [0.5, 0.6) is 0 Å². The minimum atomic E-state index is 0.419.